The van der Waals surface area contributed by atoms with Crippen LogP contribution in [0.1, 0.15) is 37.7 Å². The van der Waals surface area contributed by atoms with Crippen molar-refractivity contribution in [3.63, 3.8) is 0 Å². The Morgan fingerprint density at radius 2 is 1.95 bits per heavy atom. The van der Waals surface area contributed by atoms with Gasteiger partial charge >= 0.3 is 0 Å². The summed E-state index contributed by atoms with van der Waals surface area (Å²) in [6.45, 7) is 1.81. The van der Waals surface area contributed by atoms with Crippen LogP contribution in [0.3, 0.4) is 0 Å². The molecule has 0 bridgehead atoms. The summed E-state index contributed by atoms with van der Waals surface area (Å²) in [5, 5.41) is 2.86. The van der Waals surface area contributed by atoms with E-state index in [0.717, 1.165) is 37.7 Å². The maximum atomic E-state index is 12.3. The van der Waals surface area contributed by atoms with E-state index >= 15 is 0 Å². The Kier molecular flexibility index (Phi) is 5.36. The second-order valence-electron chi connectivity index (χ2n) is 5.49. The van der Waals surface area contributed by atoms with Gasteiger partial charge in [0.2, 0.25) is 5.91 Å². The molecule has 20 heavy (non-hydrogen) atoms. The molecule has 112 valence electrons. The zero-order chi connectivity index (χ0) is 14.0. The highest BCUT2D eigenvalue weighted by Crippen LogP contribution is 2.27. The Morgan fingerprint density at radius 1 is 1.35 bits per heavy atom. The molecule has 2 rings (SSSR count). The van der Waals surface area contributed by atoms with Gasteiger partial charge in [-0.25, -0.2) is 0 Å². The van der Waals surface area contributed by atoms with Gasteiger partial charge in [0.15, 0.2) is 0 Å². The Hall–Kier alpha value is -1.33. The van der Waals surface area contributed by atoms with Crippen molar-refractivity contribution in [3.8, 4) is 0 Å². The Morgan fingerprint density at radius 3 is 2.55 bits per heavy atom. The van der Waals surface area contributed by atoms with Crippen LogP contribution in [-0.4, -0.2) is 16.0 Å². The molecule has 1 aliphatic carbocycles. The fourth-order valence-corrected chi connectivity index (χ4v) is 2.51. The number of amides is 1. The average molecular weight is 300 g/mol. The molecule has 1 heterocycles. The van der Waals surface area contributed by atoms with Gasteiger partial charge in [-0.3, -0.25) is 9.59 Å². The van der Waals surface area contributed by atoms with E-state index < -0.39 is 5.54 Å². The van der Waals surface area contributed by atoms with E-state index in [1.807, 2.05) is 0 Å². The van der Waals surface area contributed by atoms with E-state index in [-0.39, 0.29) is 23.9 Å². The lowest BCUT2D eigenvalue weighted by Crippen LogP contribution is -2.52. The predicted molar refractivity (Wildman–Crippen MR) is 82.3 cm³/mol. The monoisotopic (exact) mass is 299 g/mol. The second-order valence-corrected chi connectivity index (χ2v) is 5.49. The molecule has 1 aromatic rings. The van der Waals surface area contributed by atoms with E-state index in [0.29, 0.717) is 5.69 Å². The van der Waals surface area contributed by atoms with Crippen molar-refractivity contribution >= 4 is 24.0 Å². The summed E-state index contributed by atoms with van der Waals surface area (Å²) >= 11 is 0. The lowest BCUT2D eigenvalue weighted by atomic mass is 9.82. The van der Waals surface area contributed by atoms with Gasteiger partial charge in [-0.1, -0.05) is 19.3 Å². The summed E-state index contributed by atoms with van der Waals surface area (Å²) < 4.78 is 1.45. The number of anilines is 1. The number of hydrogen-bond acceptors (Lipinski definition) is 3. The molecular formula is C14H22ClN3O2. The van der Waals surface area contributed by atoms with Crippen molar-refractivity contribution in [2.75, 3.05) is 5.32 Å². The molecule has 1 aromatic heterocycles. The number of rotatable bonds is 2. The van der Waals surface area contributed by atoms with Gasteiger partial charge in [-0.2, -0.15) is 0 Å². The van der Waals surface area contributed by atoms with Crippen LogP contribution < -0.4 is 16.6 Å². The molecule has 3 N–H and O–H groups in total. The largest absolute Gasteiger partial charge is 0.323 e. The first-order valence-electron chi connectivity index (χ1n) is 6.70. The minimum absolute atomic E-state index is 0. The number of nitrogens with zero attached hydrogens (tertiary/aromatic N) is 1. The van der Waals surface area contributed by atoms with Crippen molar-refractivity contribution < 1.29 is 4.79 Å². The van der Waals surface area contributed by atoms with Crippen LogP contribution in [0.4, 0.5) is 5.69 Å². The predicted octanol–water partition coefficient (Wildman–Crippen LogP) is 1.72. The number of aromatic nitrogens is 1. The first-order chi connectivity index (χ1) is 8.92. The zero-order valence-corrected chi connectivity index (χ0v) is 12.8. The van der Waals surface area contributed by atoms with Gasteiger partial charge < -0.3 is 15.6 Å². The third kappa shape index (κ3) is 3.41. The fraction of sp³-hybridized carbons (Fsp3) is 0.571. The molecule has 0 saturated heterocycles. The Bertz CT molecular complexity index is 548. The maximum Gasteiger partial charge on any atom is 0.250 e. The summed E-state index contributed by atoms with van der Waals surface area (Å²) in [6, 6.07) is 1.51. The summed E-state index contributed by atoms with van der Waals surface area (Å²) in [7, 11) is 1.66. The van der Waals surface area contributed by atoms with Gasteiger partial charge in [-0.15, -0.1) is 12.4 Å². The molecule has 6 heteroatoms. The van der Waals surface area contributed by atoms with E-state index in [1.165, 1.54) is 10.6 Å². The minimum Gasteiger partial charge on any atom is -0.323 e. The quantitative estimate of drug-likeness (QED) is 0.873. The number of carbonyl (C=O) groups excluding carboxylic acids is 1. The summed E-state index contributed by atoms with van der Waals surface area (Å²) in [5.74, 6) is -0.144. The molecule has 1 fully saturated rings. The molecule has 1 saturated carbocycles. The zero-order valence-electron chi connectivity index (χ0n) is 11.9. The number of nitrogens with one attached hydrogen (secondary N) is 1. The first kappa shape index (κ1) is 16.7. The molecule has 0 aromatic carbocycles. The standard InChI is InChI=1S/C14H21N3O2.ClH/c1-10-8-12(18)17(2)9-11(10)16-13(19)14(15)6-4-3-5-7-14;/h8-9H,3-7,15H2,1-2H3,(H,16,19);1H. The second kappa shape index (κ2) is 6.41. The van der Waals surface area contributed by atoms with E-state index in [2.05, 4.69) is 5.32 Å². The Balaban J connectivity index is 0.00000200. The number of pyridine rings is 1. The lowest BCUT2D eigenvalue weighted by Gasteiger charge is -2.32. The van der Waals surface area contributed by atoms with Crippen LogP contribution >= 0.6 is 12.4 Å². The highest BCUT2D eigenvalue weighted by atomic mass is 35.5. The average Bonchev–Trinajstić information content (AvgIpc) is 2.36. The van der Waals surface area contributed by atoms with Crippen molar-refractivity contribution in [2.45, 2.75) is 44.6 Å². The van der Waals surface area contributed by atoms with Gasteiger partial charge in [0.1, 0.15) is 0 Å². The number of hydrogen-bond donors (Lipinski definition) is 2. The van der Waals surface area contributed by atoms with E-state index in [1.54, 1.807) is 20.2 Å². The van der Waals surface area contributed by atoms with Gasteiger partial charge in [0, 0.05) is 19.3 Å². The van der Waals surface area contributed by atoms with Crippen LogP contribution in [0.5, 0.6) is 0 Å². The summed E-state index contributed by atoms with van der Waals surface area (Å²) in [6.07, 6.45) is 6.23. The normalized spacial score (nSPS) is 17.1. The third-order valence-corrected chi connectivity index (χ3v) is 3.88. The van der Waals surface area contributed by atoms with Crippen molar-refractivity contribution in [1.82, 2.24) is 4.57 Å². The molecule has 1 amide bonds. The number of carbonyl (C=O) groups is 1. The highest BCUT2D eigenvalue weighted by Gasteiger charge is 2.35. The first-order valence-corrected chi connectivity index (χ1v) is 6.70. The van der Waals surface area contributed by atoms with Crippen LogP contribution in [-0.2, 0) is 11.8 Å². The van der Waals surface area contributed by atoms with Crippen LogP contribution in [0.2, 0.25) is 0 Å². The SMILES string of the molecule is Cc1cc(=O)n(C)cc1NC(=O)C1(N)CCCCC1.Cl. The maximum absolute atomic E-state index is 12.3. The summed E-state index contributed by atoms with van der Waals surface area (Å²) in [5.41, 5.74) is 6.75. The lowest BCUT2D eigenvalue weighted by molar-refractivity contribution is -0.122. The molecule has 5 nitrogen and oxygen atoms in total. The van der Waals surface area contributed by atoms with E-state index in [4.69, 9.17) is 5.73 Å². The van der Waals surface area contributed by atoms with Crippen LogP contribution in [0.25, 0.3) is 0 Å². The molecule has 0 aliphatic heterocycles. The van der Waals surface area contributed by atoms with E-state index in [9.17, 15) is 9.59 Å². The molecule has 1 aliphatic rings. The number of aryl methyl sites for hydroxylation is 2. The van der Waals surface area contributed by atoms with Gasteiger partial charge in [0.25, 0.3) is 5.56 Å². The molecule has 0 atom stereocenters. The highest BCUT2D eigenvalue weighted by molar-refractivity contribution is 5.98. The Labute approximate surface area is 125 Å². The van der Waals surface area contributed by atoms with Crippen LogP contribution in [0.15, 0.2) is 17.1 Å². The van der Waals surface area contributed by atoms with Crippen molar-refractivity contribution in [1.29, 1.82) is 0 Å². The third-order valence-electron chi connectivity index (χ3n) is 3.88. The number of nitrogens with two attached hydrogens (primary N) is 1. The molecule has 0 radical (unpaired) electrons. The van der Waals surface area contributed by atoms with Gasteiger partial charge in [-0.05, 0) is 25.3 Å². The fourth-order valence-electron chi connectivity index (χ4n) is 2.51. The topological polar surface area (TPSA) is 77.1 Å². The smallest absolute Gasteiger partial charge is 0.250 e. The van der Waals surface area contributed by atoms with Crippen LogP contribution in [0, 0.1) is 6.92 Å². The number of halogens is 1. The van der Waals surface area contributed by atoms with Crippen molar-refractivity contribution in [3.05, 3.63) is 28.2 Å². The van der Waals surface area contributed by atoms with Gasteiger partial charge in [0.05, 0.1) is 11.2 Å². The summed E-state index contributed by atoms with van der Waals surface area (Å²) in [4.78, 5) is 23.8. The van der Waals surface area contributed by atoms with Crippen molar-refractivity contribution in [2.24, 2.45) is 12.8 Å². The molecule has 0 spiro atoms. The molecular weight excluding hydrogens is 278 g/mol. The molecule has 0 unspecified atom stereocenters. The minimum atomic E-state index is -0.764.